The Morgan fingerprint density at radius 3 is 2.38 bits per heavy atom. The first-order valence-corrected chi connectivity index (χ1v) is 13.5. The first-order valence-electron chi connectivity index (χ1n) is 13.5. The minimum absolute atomic E-state index is 0.263. The van der Waals surface area contributed by atoms with E-state index in [2.05, 4.69) is 30.7 Å². The molecule has 1 saturated heterocycles. The molecular formula is C30H35N7O3. The van der Waals surface area contributed by atoms with E-state index in [0.29, 0.717) is 24.8 Å². The van der Waals surface area contributed by atoms with Crippen molar-refractivity contribution in [3.63, 3.8) is 0 Å². The Labute approximate surface area is 234 Å². The van der Waals surface area contributed by atoms with Crippen LogP contribution in [0.15, 0.2) is 60.9 Å². The lowest BCUT2D eigenvalue weighted by molar-refractivity contribution is 0.0525. The number of likely N-dealkylation sites (tertiary alicyclic amines) is 1. The molecule has 1 fully saturated rings. The van der Waals surface area contributed by atoms with Crippen molar-refractivity contribution in [3.05, 3.63) is 72.3 Å². The number of nitrogens with zero attached hydrogens (tertiary/aromatic N) is 7. The fourth-order valence-electron chi connectivity index (χ4n) is 4.97. The van der Waals surface area contributed by atoms with E-state index in [0.717, 1.165) is 59.9 Å². The van der Waals surface area contributed by atoms with Gasteiger partial charge in [-0.15, -0.1) is 0 Å². The Kier molecular flexibility index (Phi) is 8.35. The molecule has 0 spiro atoms. The van der Waals surface area contributed by atoms with Crippen molar-refractivity contribution in [1.29, 1.82) is 0 Å². The standard InChI is InChI=1S/C30H35N7O3/c1-5-40-29(38)22-18-31-27(32-19-22)21-14-16-37(17-15-21)20-35(2)30-33-26-9-7-6-8-25(26)28(34-30)36(3)23-10-12-24(39-4)13-11-23/h6-13,18-19,21H,5,14-17,20H2,1-4H3. The topological polar surface area (TPSA) is 96.8 Å². The van der Waals surface area contributed by atoms with E-state index in [1.165, 1.54) is 0 Å². The number of benzene rings is 2. The number of hydrogen-bond donors (Lipinski definition) is 0. The molecule has 2 aromatic carbocycles. The van der Waals surface area contributed by atoms with Crippen molar-refractivity contribution in [3.8, 4) is 5.75 Å². The van der Waals surface area contributed by atoms with E-state index in [1.807, 2.05) is 56.6 Å². The van der Waals surface area contributed by atoms with Gasteiger partial charge in [0, 0.05) is 56.6 Å². The Morgan fingerprint density at radius 2 is 1.70 bits per heavy atom. The molecule has 0 N–H and O–H groups in total. The highest BCUT2D eigenvalue weighted by molar-refractivity contribution is 5.92. The van der Waals surface area contributed by atoms with Gasteiger partial charge in [-0.1, -0.05) is 12.1 Å². The number of anilines is 3. The van der Waals surface area contributed by atoms with E-state index in [4.69, 9.17) is 19.4 Å². The molecule has 1 aliphatic rings. The zero-order valence-corrected chi connectivity index (χ0v) is 23.4. The highest BCUT2D eigenvalue weighted by Gasteiger charge is 2.25. The van der Waals surface area contributed by atoms with Crippen molar-refractivity contribution in [2.45, 2.75) is 25.7 Å². The monoisotopic (exact) mass is 541 g/mol. The summed E-state index contributed by atoms with van der Waals surface area (Å²) in [4.78, 5) is 37.3. The average molecular weight is 542 g/mol. The van der Waals surface area contributed by atoms with Crippen LogP contribution >= 0.6 is 0 Å². The SMILES string of the molecule is CCOC(=O)c1cnc(C2CCN(CN(C)c3nc(N(C)c4ccc(OC)cc4)c4ccccc4n3)CC2)nc1. The normalized spacial score (nSPS) is 14.2. The number of fused-ring (bicyclic) bond motifs is 1. The van der Waals surface area contributed by atoms with E-state index in [9.17, 15) is 4.79 Å². The molecule has 5 rings (SSSR count). The van der Waals surface area contributed by atoms with Gasteiger partial charge in [0.2, 0.25) is 5.95 Å². The molecular weight excluding hydrogens is 506 g/mol. The lowest BCUT2D eigenvalue weighted by atomic mass is 9.96. The van der Waals surface area contributed by atoms with Gasteiger partial charge in [0.1, 0.15) is 17.4 Å². The molecule has 0 amide bonds. The lowest BCUT2D eigenvalue weighted by Gasteiger charge is -2.34. The predicted molar refractivity (Wildman–Crippen MR) is 155 cm³/mol. The first-order chi connectivity index (χ1) is 19.5. The summed E-state index contributed by atoms with van der Waals surface area (Å²) in [7, 11) is 5.72. The number of para-hydroxylation sites is 1. The third-order valence-electron chi connectivity index (χ3n) is 7.24. The molecule has 0 radical (unpaired) electrons. The highest BCUT2D eigenvalue weighted by Crippen LogP contribution is 2.32. The van der Waals surface area contributed by atoms with Crippen LogP contribution in [0.3, 0.4) is 0 Å². The van der Waals surface area contributed by atoms with Crippen LogP contribution in [0, 0.1) is 0 Å². The number of esters is 1. The van der Waals surface area contributed by atoms with Gasteiger partial charge in [-0.25, -0.2) is 19.7 Å². The molecule has 0 bridgehead atoms. The van der Waals surface area contributed by atoms with Gasteiger partial charge in [0.25, 0.3) is 0 Å². The number of carbonyl (C=O) groups is 1. The Bertz CT molecular complexity index is 1440. The number of rotatable bonds is 9. The van der Waals surface area contributed by atoms with Gasteiger partial charge in [-0.2, -0.15) is 4.98 Å². The summed E-state index contributed by atoms with van der Waals surface area (Å²) in [5, 5.41) is 0.993. The molecule has 4 aromatic rings. The molecule has 40 heavy (non-hydrogen) atoms. The van der Waals surface area contributed by atoms with Crippen molar-refractivity contribution in [1.82, 2.24) is 24.8 Å². The number of carbonyl (C=O) groups excluding carboxylic acids is 1. The maximum absolute atomic E-state index is 11.9. The molecule has 2 aromatic heterocycles. The van der Waals surface area contributed by atoms with Gasteiger partial charge in [-0.05, 0) is 56.2 Å². The van der Waals surface area contributed by atoms with Crippen LogP contribution in [0.4, 0.5) is 17.5 Å². The predicted octanol–water partition coefficient (Wildman–Crippen LogP) is 4.65. The van der Waals surface area contributed by atoms with Crippen LogP contribution in [0.2, 0.25) is 0 Å². The summed E-state index contributed by atoms with van der Waals surface area (Å²) in [5.74, 6) is 2.99. The van der Waals surface area contributed by atoms with Crippen LogP contribution in [-0.2, 0) is 4.74 Å². The van der Waals surface area contributed by atoms with Crippen molar-refractivity contribution in [2.75, 3.05) is 57.4 Å². The fraction of sp³-hybridized carbons (Fsp3) is 0.367. The highest BCUT2D eigenvalue weighted by atomic mass is 16.5. The summed E-state index contributed by atoms with van der Waals surface area (Å²) in [6.45, 7) is 4.64. The van der Waals surface area contributed by atoms with Crippen molar-refractivity contribution in [2.24, 2.45) is 0 Å². The quantitative estimate of drug-likeness (QED) is 0.279. The summed E-state index contributed by atoms with van der Waals surface area (Å²) < 4.78 is 10.3. The lowest BCUT2D eigenvalue weighted by Crippen LogP contribution is -2.41. The van der Waals surface area contributed by atoms with Gasteiger partial charge in [0.15, 0.2) is 0 Å². The van der Waals surface area contributed by atoms with E-state index < -0.39 is 0 Å². The van der Waals surface area contributed by atoms with Gasteiger partial charge >= 0.3 is 5.97 Å². The Hall–Kier alpha value is -4.31. The Balaban J connectivity index is 1.27. The Morgan fingerprint density at radius 1 is 1.00 bits per heavy atom. The van der Waals surface area contributed by atoms with E-state index in [-0.39, 0.29) is 11.9 Å². The maximum Gasteiger partial charge on any atom is 0.341 e. The number of ether oxygens (including phenoxy) is 2. The summed E-state index contributed by atoms with van der Waals surface area (Å²) in [6.07, 6.45) is 5.02. The summed E-state index contributed by atoms with van der Waals surface area (Å²) in [6, 6.07) is 16.0. The number of piperidine rings is 1. The van der Waals surface area contributed by atoms with Crippen molar-refractivity contribution >= 4 is 34.3 Å². The van der Waals surface area contributed by atoms with Crippen LogP contribution in [0.25, 0.3) is 10.9 Å². The fourth-order valence-corrected chi connectivity index (χ4v) is 4.97. The molecule has 0 aliphatic carbocycles. The zero-order chi connectivity index (χ0) is 28.1. The number of hydrogen-bond acceptors (Lipinski definition) is 10. The van der Waals surface area contributed by atoms with E-state index >= 15 is 0 Å². The molecule has 0 saturated carbocycles. The molecule has 10 nitrogen and oxygen atoms in total. The zero-order valence-electron chi connectivity index (χ0n) is 23.4. The van der Waals surface area contributed by atoms with Crippen LogP contribution in [-0.4, -0.2) is 78.4 Å². The average Bonchev–Trinajstić information content (AvgIpc) is 3.00. The molecule has 1 aliphatic heterocycles. The minimum atomic E-state index is -0.388. The molecule has 0 unspecified atom stereocenters. The largest absolute Gasteiger partial charge is 0.497 e. The maximum atomic E-state index is 11.9. The molecule has 10 heteroatoms. The summed E-state index contributed by atoms with van der Waals surface area (Å²) >= 11 is 0. The summed E-state index contributed by atoms with van der Waals surface area (Å²) in [5.41, 5.74) is 2.30. The number of aromatic nitrogens is 4. The van der Waals surface area contributed by atoms with Crippen LogP contribution in [0.5, 0.6) is 5.75 Å². The molecule has 3 heterocycles. The van der Waals surface area contributed by atoms with Gasteiger partial charge in [-0.3, -0.25) is 4.90 Å². The van der Waals surface area contributed by atoms with E-state index in [1.54, 1.807) is 26.4 Å². The second-order valence-electron chi connectivity index (χ2n) is 9.90. The smallest absolute Gasteiger partial charge is 0.341 e. The third-order valence-corrected chi connectivity index (χ3v) is 7.24. The molecule has 0 atom stereocenters. The van der Waals surface area contributed by atoms with Crippen molar-refractivity contribution < 1.29 is 14.3 Å². The van der Waals surface area contributed by atoms with Crippen LogP contribution in [0.1, 0.15) is 41.9 Å². The second-order valence-corrected chi connectivity index (χ2v) is 9.90. The first kappa shape index (κ1) is 27.3. The molecule has 208 valence electrons. The van der Waals surface area contributed by atoms with Gasteiger partial charge in [0.05, 0.1) is 31.5 Å². The third kappa shape index (κ3) is 5.96. The minimum Gasteiger partial charge on any atom is -0.497 e. The second kappa shape index (κ2) is 12.3. The van der Waals surface area contributed by atoms with Gasteiger partial charge < -0.3 is 19.3 Å². The number of methoxy groups -OCH3 is 1. The van der Waals surface area contributed by atoms with Crippen LogP contribution < -0.4 is 14.5 Å².